The third kappa shape index (κ3) is 2.26. The second kappa shape index (κ2) is 5.28. The van der Waals surface area contributed by atoms with Crippen molar-refractivity contribution in [2.24, 2.45) is 0 Å². The molecule has 0 saturated carbocycles. The zero-order valence-electron chi connectivity index (χ0n) is 12.5. The summed E-state index contributed by atoms with van der Waals surface area (Å²) < 4.78 is 12.0. The Kier molecular flexibility index (Phi) is 3.12. The summed E-state index contributed by atoms with van der Waals surface area (Å²) in [6.07, 6.45) is 1.81. The van der Waals surface area contributed by atoms with Crippen LogP contribution in [0.3, 0.4) is 0 Å². The van der Waals surface area contributed by atoms with E-state index < -0.39 is 5.63 Å². The number of pyridine rings is 1. The van der Waals surface area contributed by atoms with Crippen LogP contribution < -0.4 is 10.4 Å². The van der Waals surface area contributed by atoms with Gasteiger partial charge < -0.3 is 13.8 Å². The van der Waals surface area contributed by atoms with Crippen LogP contribution in [0, 0.1) is 0 Å². The normalized spacial score (nSPS) is 11.2. The van der Waals surface area contributed by atoms with Gasteiger partial charge in [0.15, 0.2) is 0 Å². The van der Waals surface area contributed by atoms with Crippen molar-refractivity contribution >= 4 is 10.9 Å². The van der Waals surface area contributed by atoms with Gasteiger partial charge in [-0.2, -0.15) is 0 Å². The summed E-state index contributed by atoms with van der Waals surface area (Å²) in [5, 5.41) is 4.81. The number of benzene rings is 2. The van der Waals surface area contributed by atoms with Gasteiger partial charge in [0.2, 0.25) is 0 Å². The number of aromatic nitrogens is 2. The SMILES string of the molecule is COc1ccc(Cn2cc3c(=O)onc-3c3ccccc32)cc1. The number of rotatable bonds is 3. The highest BCUT2D eigenvalue weighted by atomic mass is 16.5. The summed E-state index contributed by atoms with van der Waals surface area (Å²) >= 11 is 0. The van der Waals surface area contributed by atoms with E-state index in [1.165, 1.54) is 0 Å². The van der Waals surface area contributed by atoms with Crippen LogP contribution in [-0.2, 0) is 6.54 Å². The third-order valence-electron chi connectivity index (χ3n) is 3.96. The maximum atomic E-state index is 11.9. The van der Waals surface area contributed by atoms with Gasteiger partial charge >= 0.3 is 5.63 Å². The molecule has 0 radical (unpaired) electrons. The molecule has 0 atom stereocenters. The zero-order chi connectivity index (χ0) is 15.8. The maximum absolute atomic E-state index is 11.9. The standard InChI is InChI=1S/C18H14N2O3/c1-22-13-8-6-12(7-9-13)10-20-11-15-17(19-23-18(15)21)14-4-2-3-5-16(14)20/h2-9,11H,10H2,1H3. The van der Waals surface area contributed by atoms with Gasteiger partial charge in [0.1, 0.15) is 17.0 Å². The molecule has 0 aliphatic carbocycles. The fraction of sp³-hybridized carbons (Fsp3) is 0.111. The lowest BCUT2D eigenvalue weighted by Crippen LogP contribution is -2.06. The van der Waals surface area contributed by atoms with Gasteiger partial charge in [-0.25, -0.2) is 4.79 Å². The van der Waals surface area contributed by atoms with Crippen LogP contribution in [0.5, 0.6) is 5.75 Å². The molecule has 0 amide bonds. The van der Waals surface area contributed by atoms with Crippen LogP contribution in [0.15, 0.2) is 64.0 Å². The van der Waals surface area contributed by atoms with Gasteiger partial charge in [0.25, 0.3) is 0 Å². The molecule has 23 heavy (non-hydrogen) atoms. The number of ether oxygens (including phenoxy) is 1. The number of fused-ring (bicyclic) bond motifs is 3. The van der Waals surface area contributed by atoms with Gasteiger partial charge in [0.05, 0.1) is 12.6 Å². The molecule has 0 fully saturated rings. The van der Waals surface area contributed by atoms with E-state index in [4.69, 9.17) is 9.26 Å². The quantitative estimate of drug-likeness (QED) is 0.583. The van der Waals surface area contributed by atoms with E-state index in [-0.39, 0.29) is 0 Å². The summed E-state index contributed by atoms with van der Waals surface area (Å²) in [5.74, 6) is 0.819. The molecule has 2 aromatic carbocycles. The molecule has 0 bridgehead atoms. The Labute approximate surface area is 132 Å². The first-order valence-electron chi connectivity index (χ1n) is 7.27. The second-order valence-corrected chi connectivity index (χ2v) is 5.35. The predicted octanol–water partition coefficient (Wildman–Crippen LogP) is 3.15. The lowest BCUT2D eigenvalue weighted by atomic mass is 10.1. The molecule has 0 spiro atoms. The van der Waals surface area contributed by atoms with Crippen molar-refractivity contribution in [1.82, 2.24) is 9.72 Å². The number of para-hydroxylation sites is 1. The summed E-state index contributed by atoms with van der Waals surface area (Å²) in [5.41, 5.74) is 2.82. The van der Waals surface area contributed by atoms with Crippen LogP contribution in [-0.4, -0.2) is 16.8 Å². The molecule has 0 N–H and O–H groups in total. The minimum atomic E-state index is -0.408. The van der Waals surface area contributed by atoms with E-state index >= 15 is 0 Å². The molecule has 4 rings (SSSR count). The van der Waals surface area contributed by atoms with E-state index in [9.17, 15) is 4.79 Å². The molecule has 0 aromatic heterocycles. The minimum absolute atomic E-state index is 0.408. The summed E-state index contributed by atoms with van der Waals surface area (Å²) in [7, 11) is 1.65. The minimum Gasteiger partial charge on any atom is -0.497 e. The predicted molar refractivity (Wildman–Crippen MR) is 87.0 cm³/mol. The van der Waals surface area contributed by atoms with Crippen molar-refractivity contribution in [3.8, 4) is 17.0 Å². The Hall–Kier alpha value is -3.08. The highest BCUT2D eigenvalue weighted by molar-refractivity contribution is 5.93. The molecule has 2 aliphatic heterocycles. The molecular formula is C18H14N2O3. The summed E-state index contributed by atoms with van der Waals surface area (Å²) in [6, 6.07) is 15.7. The summed E-state index contributed by atoms with van der Waals surface area (Å²) in [4.78, 5) is 11.9. The highest BCUT2D eigenvalue weighted by Gasteiger charge is 2.18. The molecule has 114 valence electrons. The lowest BCUT2D eigenvalue weighted by Gasteiger charge is -2.13. The second-order valence-electron chi connectivity index (χ2n) is 5.35. The third-order valence-corrected chi connectivity index (χ3v) is 3.96. The van der Waals surface area contributed by atoms with Gasteiger partial charge in [-0.1, -0.05) is 35.5 Å². The van der Waals surface area contributed by atoms with Crippen LogP contribution >= 0.6 is 0 Å². The Morgan fingerprint density at radius 1 is 1.13 bits per heavy atom. The van der Waals surface area contributed by atoms with E-state index in [0.717, 1.165) is 22.2 Å². The molecule has 5 nitrogen and oxygen atoms in total. The Morgan fingerprint density at radius 3 is 2.70 bits per heavy atom. The van der Waals surface area contributed by atoms with Crippen molar-refractivity contribution in [3.05, 3.63) is 70.7 Å². The smallest absolute Gasteiger partial charge is 0.369 e. The first kappa shape index (κ1) is 13.6. The number of hydrogen-bond acceptors (Lipinski definition) is 4. The molecule has 2 aromatic rings. The van der Waals surface area contributed by atoms with Gasteiger partial charge in [-0.05, 0) is 23.8 Å². The number of hydrogen-bond donors (Lipinski definition) is 0. The fourth-order valence-electron chi connectivity index (χ4n) is 2.80. The Bertz CT molecular complexity index is 999. The first-order chi connectivity index (χ1) is 11.3. The lowest BCUT2D eigenvalue weighted by molar-refractivity contribution is 0.397. The fourth-order valence-corrected chi connectivity index (χ4v) is 2.80. The maximum Gasteiger partial charge on any atom is 0.369 e. The Morgan fingerprint density at radius 2 is 1.91 bits per heavy atom. The molecule has 5 heteroatoms. The van der Waals surface area contributed by atoms with E-state index in [1.807, 2.05) is 53.1 Å². The van der Waals surface area contributed by atoms with Crippen LogP contribution in [0.2, 0.25) is 0 Å². The topological polar surface area (TPSA) is 57.3 Å². The number of methoxy groups -OCH3 is 1. The molecule has 0 unspecified atom stereocenters. The van der Waals surface area contributed by atoms with Crippen LogP contribution in [0.25, 0.3) is 22.2 Å². The van der Waals surface area contributed by atoms with Gasteiger partial charge in [0, 0.05) is 18.1 Å². The summed E-state index contributed by atoms with van der Waals surface area (Å²) in [6.45, 7) is 0.644. The largest absolute Gasteiger partial charge is 0.497 e. The molecule has 2 aliphatic rings. The van der Waals surface area contributed by atoms with Gasteiger partial charge in [-0.15, -0.1) is 0 Å². The van der Waals surface area contributed by atoms with Crippen molar-refractivity contribution in [2.45, 2.75) is 6.54 Å². The van der Waals surface area contributed by atoms with E-state index in [2.05, 4.69) is 5.16 Å². The average molecular weight is 306 g/mol. The number of nitrogens with zero attached hydrogens (tertiary/aromatic N) is 2. The zero-order valence-corrected chi connectivity index (χ0v) is 12.5. The average Bonchev–Trinajstić information content (AvgIpc) is 2.97. The monoisotopic (exact) mass is 306 g/mol. The first-order valence-corrected chi connectivity index (χ1v) is 7.27. The van der Waals surface area contributed by atoms with E-state index in [0.29, 0.717) is 17.8 Å². The van der Waals surface area contributed by atoms with Gasteiger partial charge in [-0.3, -0.25) is 0 Å². The molecular weight excluding hydrogens is 292 g/mol. The van der Waals surface area contributed by atoms with Crippen molar-refractivity contribution in [1.29, 1.82) is 0 Å². The van der Waals surface area contributed by atoms with E-state index in [1.54, 1.807) is 13.3 Å². The van der Waals surface area contributed by atoms with Crippen LogP contribution in [0.4, 0.5) is 0 Å². The van der Waals surface area contributed by atoms with Crippen molar-refractivity contribution in [2.75, 3.05) is 7.11 Å². The molecule has 2 heterocycles. The van der Waals surface area contributed by atoms with Crippen molar-refractivity contribution < 1.29 is 9.26 Å². The highest BCUT2D eigenvalue weighted by Crippen LogP contribution is 2.27. The van der Waals surface area contributed by atoms with Crippen LogP contribution in [0.1, 0.15) is 5.56 Å². The molecule has 0 saturated heterocycles. The van der Waals surface area contributed by atoms with Crippen molar-refractivity contribution in [3.63, 3.8) is 0 Å². The Balaban J connectivity index is 1.88.